The molecule has 3 rings (SSSR count). The van der Waals surface area contributed by atoms with Crippen molar-refractivity contribution in [2.24, 2.45) is 5.92 Å². The number of hydrogen-bond donors (Lipinski definition) is 1. The number of para-hydroxylation sites is 1. The average molecular weight is 250 g/mol. The van der Waals surface area contributed by atoms with Crippen LogP contribution < -0.4 is 4.74 Å². The lowest BCUT2D eigenvalue weighted by molar-refractivity contribution is 0.0201. The minimum atomic E-state index is -0.701. The Morgan fingerprint density at radius 2 is 2.35 bits per heavy atom. The molecule has 3 heteroatoms. The maximum absolute atomic E-state index is 10.9. The van der Waals surface area contributed by atoms with E-state index in [-0.39, 0.29) is 0 Å². The van der Waals surface area contributed by atoms with Gasteiger partial charge < -0.3 is 9.84 Å². The fourth-order valence-corrected chi connectivity index (χ4v) is 4.24. The molecule has 1 N–H and O–H groups in total. The van der Waals surface area contributed by atoms with E-state index >= 15 is 0 Å². The summed E-state index contributed by atoms with van der Waals surface area (Å²) in [6, 6.07) is 6.21. The second-order valence-electron chi connectivity index (χ2n) is 5.09. The zero-order valence-electron chi connectivity index (χ0n) is 10.1. The molecule has 92 valence electrons. The maximum Gasteiger partial charge on any atom is 0.128 e. The lowest BCUT2D eigenvalue weighted by Gasteiger charge is -2.31. The minimum Gasteiger partial charge on any atom is -0.493 e. The van der Waals surface area contributed by atoms with Crippen molar-refractivity contribution in [2.75, 3.05) is 18.1 Å². The number of thioether (sulfide) groups is 1. The van der Waals surface area contributed by atoms with Crippen LogP contribution in [0.3, 0.4) is 0 Å². The molecule has 17 heavy (non-hydrogen) atoms. The third-order valence-corrected chi connectivity index (χ3v) is 5.28. The first-order valence-electron chi connectivity index (χ1n) is 6.27. The van der Waals surface area contributed by atoms with E-state index in [1.807, 2.05) is 17.8 Å². The van der Waals surface area contributed by atoms with Gasteiger partial charge in [0.15, 0.2) is 0 Å². The molecular formula is C14H18O2S. The summed E-state index contributed by atoms with van der Waals surface area (Å²) in [6.07, 6.45) is 2.15. The largest absolute Gasteiger partial charge is 0.493 e. The zero-order chi connectivity index (χ0) is 11.9. The Labute approximate surface area is 106 Å². The van der Waals surface area contributed by atoms with Crippen molar-refractivity contribution in [1.29, 1.82) is 0 Å². The van der Waals surface area contributed by atoms with Gasteiger partial charge in [-0.05, 0) is 30.1 Å². The molecule has 0 bridgehead atoms. The normalized spacial score (nSPS) is 32.0. The molecule has 0 spiro atoms. The smallest absolute Gasteiger partial charge is 0.128 e. The number of fused-ring (bicyclic) bond motifs is 1. The molecule has 2 aliphatic rings. The van der Waals surface area contributed by atoms with E-state index in [9.17, 15) is 5.11 Å². The topological polar surface area (TPSA) is 29.5 Å². The molecular weight excluding hydrogens is 232 g/mol. The standard InChI is InChI=1S/C14H18O2S/c1-10-8-17-9-14(10,15)12-6-2-4-11-5-3-7-16-13(11)12/h2,4,6,10,15H,3,5,7-9H2,1H3. The van der Waals surface area contributed by atoms with E-state index in [0.717, 1.165) is 42.3 Å². The number of ether oxygens (including phenoxy) is 1. The summed E-state index contributed by atoms with van der Waals surface area (Å²) in [5.74, 6) is 3.06. The molecule has 1 aromatic carbocycles. The number of aryl methyl sites for hydroxylation is 1. The zero-order valence-corrected chi connectivity index (χ0v) is 10.9. The van der Waals surface area contributed by atoms with Crippen molar-refractivity contribution in [3.8, 4) is 5.75 Å². The van der Waals surface area contributed by atoms with Crippen LogP contribution in [0.1, 0.15) is 24.5 Å². The number of rotatable bonds is 1. The predicted octanol–water partition coefficient (Wildman–Crippen LogP) is 2.58. The summed E-state index contributed by atoms with van der Waals surface area (Å²) in [4.78, 5) is 0. The van der Waals surface area contributed by atoms with Gasteiger partial charge in [0.1, 0.15) is 11.4 Å². The highest BCUT2D eigenvalue weighted by atomic mass is 32.2. The lowest BCUT2D eigenvalue weighted by atomic mass is 9.83. The first-order valence-corrected chi connectivity index (χ1v) is 7.42. The Kier molecular flexibility index (Phi) is 2.83. The third kappa shape index (κ3) is 1.76. The maximum atomic E-state index is 10.9. The monoisotopic (exact) mass is 250 g/mol. The summed E-state index contributed by atoms with van der Waals surface area (Å²) in [5, 5.41) is 10.9. The van der Waals surface area contributed by atoms with Gasteiger partial charge in [-0.3, -0.25) is 0 Å². The molecule has 2 nitrogen and oxygen atoms in total. The van der Waals surface area contributed by atoms with Crippen LogP contribution in [-0.4, -0.2) is 23.2 Å². The fourth-order valence-electron chi connectivity index (χ4n) is 2.74. The highest BCUT2D eigenvalue weighted by Gasteiger charge is 2.43. The van der Waals surface area contributed by atoms with Crippen molar-refractivity contribution >= 4 is 11.8 Å². The Morgan fingerprint density at radius 3 is 3.12 bits per heavy atom. The van der Waals surface area contributed by atoms with Gasteiger partial charge in [0.2, 0.25) is 0 Å². The van der Waals surface area contributed by atoms with Crippen LogP contribution in [0.15, 0.2) is 18.2 Å². The summed E-state index contributed by atoms with van der Waals surface area (Å²) in [6.45, 7) is 2.91. The minimum absolute atomic E-state index is 0.296. The highest BCUT2D eigenvalue weighted by Crippen LogP contribution is 2.46. The van der Waals surface area contributed by atoms with Crippen LogP contribution in [0.5, 0.6) is 5.75 Å². The van der Waals surface area contributed by atoms with Crippen molar-refractivity contribution < 1.29 is 9.84 Å². The quantitative estimate of drug-likeness (QED) is 0.830. The van der Waals surface area contributed by atoms with E-state index in [0.29, 0.717) is 5.92 Å². The number of aliphatic hydroxyl groups is 1. The predicted molar refractivity (Wildman–Crippen MR) is 70.6 cm³/mol. The van der Waals surface area contributed by atoms with Crippen LogP contribution in [0.2, 0.25) is 0 Å². The van der Waals surface area contributed by atoms with Crippen molar-refractivity contribution in [3.63, 3.8) is 0 Å². The highest BCUT2D eigenvalue weighted by molar-refractivity contribution is 7.99. The fraction of sp³-hybridized carbons (Fsp3) is 0.571. The molecule has 0 amide bonds. The van der Waals surface area contributed by atoms with E-state index < -0.39 is 5.60 Å². The van der Waals surface area contributed by atoms with Gasteiger partial charge in [-0.15, -0.1) is 0 Å². The Hall–Kier alpha value is -0.670. The van der Waals surface area contributed by atoms with Gasteiger partial charge >= 0.3 is 0 Å². The van der Waals surface area contributed by atoms with Gasteiger partial charge in [0, 0.05) is 11.3 Å². The van der Waals surface area contributed by atoms with Gasteiger partial charge in [0.25, 0.3) is 0 Å². The first-order chi connectivity index (χ1) is 8.22. The summed E-state index contributed by atoms with van der Waals surface area (Å²) >= 11 is 1.83. The van der Waals surface area contributed by atoms with Gasteiger partial charge in [-0.25, -0.2) is 0 Å². The van der Waals surface area contributed by atoms with Crippen LogP contribution in [0.4, 0.5) is 0 Å². The van der Waals surface area contributed by atoms with Gasteiger partial charge in [0.05, 0.1) is 6.61 Å². The van der Waals surface area contributed by atoms with Crippen molar-refractivity contribution in [2.45, 2.75) is 25.4 Å². The Morgan fingerprint density at radius 1 is 1.47 bits per heavy atom. The molecule has 2 unspecified atom stereocenters. The van der Waals surface area contributed by atoms with Crippen molar-refractivity contribution in [3.05, 3.63) is 29.3 Å². The molecule has 1 fully saturated rings. The van der Waals surface area contributed by atoms with Gasteiger partial charge in [-0.1, -0.05) is 25.1 Å². The first kappa shape index (κ1) is 11.4. The second kappa shape index (κ2) is 4.21. The Balaban J connectivity index is 2.08. The van der Waals surface area contributed by atoms with Crippen LogP contribution in [0, 0.1) is 5.92 Å². The summed E-state index contributed by atoms with van der Waals surface area (Å²) in [5.41, 5.74) is 1.56. The molecule has 1 aromatic rings. The molecule has 2 heterocycles. The van der Waals surface area contributed by atoms with Crippen LogP contribution in [0.25, 0.3) is 0 Å². The molecule has 2 atom stereocenters. The van der Waals surface area contributed by atoms with Crippen LogP contribution in [-0.2, 0) is 12.0 Å². The van der Waals surface area contributed by atoms with Gasteiger partial charge in [-0.2, -0.15) is 11.8 Å². The Bertz CT molecular complexity index is 432. The van der Waals surface area contributed by atoms with E-state index in [1.165, 1.54) is 5.56 Å². The van der Waals surface area contributed by atoms with E-state index in [1.54, 1.807) is 0 Å². The van der Waals surface area contributed by atoms with E-state index in [4.69, 9.17) is 4.74 Å². The third-order valence-electron chi connectivity index (χ3n) is 3.91. The lowest BCUT2D eigenvalue weighted by Crippen LogP contribution is -2.33. The second-order valence-corrected chi connectivity index (χ2v) is 6.12. The molecule has 0 saturated carbocycles. The molecule has 0 radical (unpaired) electrons. The average Bonchev–Trinajstić information content (AvgIpc) is 2.70. The van der Waals surface area contributed by atoms with Crippen molar-refractivity contribution in [1.82, 2.24) is 0 Å². The van der Waals surface area contributed by atoms with E-state index in [2.05, 4.69) is 19.1 Å². The molecule has 0 aromatic heterocycles. The molecule has 2 aliphatic heterocycles. The summed E-state index contributed by atoms with van der Waals surface area (Å²) in [7, 11) is 0. The number of hydrogen-bond acceptors (Lipinski definition) is 3. The molecule has 1 saturated heterocycles. The molecule has 0 aliphatic carbocycles. The number of benzene rings is 1. The van der Waals surface area contributed by atoms with Crippen LogP contribution >= 0.6 is 11.8 Å². The SMILES string of the molecule is CC1CSCC1(O)c1cccc2c1OCCC2. The summed E-state index contributed by atoms with van der Waals surface area (Å²) < 4.78 is 5.81.